The third-order valence-corrected chi connectivity index (χ3v) is 3.09. The van der Waals surface area contributed by atoms with Gasteiger partial charge in [-0.15, -0.1) is 5.10 Å². The van der Waals surface area contributed by atoms with Crippen LogP contribution in [0.5, 0.6) is 11.5 Å². The van der Waals surface area contributed by atoms with Gasteiger partial charge in [-0.1, -0.05) is 11.8 Å². The number of hydrogen-bond donors (Lipinski definition) is 2. The average molecular weight is 279 g/mol. The Bertz CT molecular complexity index is 543. The van der Waals surface area contributed by atoms with Crippen LogP contribution in [0.15, 0.2) is 28.4 Å². The van der Waals surface area contributed by atoms with Crippen LogP contribution in [0, 0.1) is 0 Å². The van der Waals surface area contributed by atoms with Crippen molar-refractivity contribution in [1.29, 1.82) is 0 Å². The van der Waals surface area contributed by atoms with E-state index in [1.54, 1.807) is 12.1 Å². The molecule has 19 heavy (non-hydrogen) atoms. The number of amidine groups is 1. The normalized spacial score (nSPS) is 17.1. The van der Waals surface area contributed by atoms with Gasteiger partial charge in [0.15, 0.2) is 16.7 Å². The van der Waals surface area contributed by atoms with E-state index >= 15 is 0 Å². The molecule has 1 aliphatic rings. The third-order valence-electron chi connectivity index (χ3n) is 2.23. The molecule has 7 heteroatoms. The maximum Gasteiger partial charge on any atom is 0.236 e. The minimum absolute atomic E-state index is 0.0674. The van der Waals surface area contributed by atoms with Crippen molar-refractivity contribution in [2.24, 2.45) is 10.2 Å². The maximum atomic E-state index is 10.9. The number of phenolic OH excluding ortho intramolecular Hbond substituents is 1. The molecule has 0 aromatic heterocycles. The van der Waals surface area contributed by atoms with Crippen molar-refractivity contribution < 1.29 is 14.6 Å². The quantitative estimate of drug-likeness (QED) is 0.643. The number of nitrogens with one attached hydrogen (secondary N) is 1. The van der Waals surface area contributed by atoms with Gasteiger partial charge in [0.2, 0.25) is 5.91 Å². The van der Waals surface area contributed by atoms with Crippen LogP contribution < -0.4 is 10.1 Å². The molecular formula is C12H13N3O3S. The fourth-order valence-corrected chi connectivity index (χ4v) is 2.04. The molecule has 1 fully saturated rings. The Morgan fingerprint density at radius 1 is 1.58 bits per heavy atom. The van der Waals surface area contributed by atoms with Crippen molar-refractivity contribution >= 4 is 29.1 Å². The molecule has 0 radical (unpaired) electrons. The van der Waals surface area contributed by atoms with Gasteiger partial charge in [0, 0.05) is 0 Å². The summed E-state index contributed by atoms with van der Waals surface area (Å²) in [5.41, 5.74) is 0.750. The lowest BCUT2D eigenvalue weighted by atomic mass is 10.2. The molecule has 0 unspecified atom stereocenters. The average Bonchev–Trinajstić information content (AvgIpc) is 2.79. The highest BCUT2D eigenvalue weighted by Gasteiger charge is 2.15. The Morgan fingerprint density at radius 3 is 3.11 bits per heavy atom. The minimum Gasteiger partial charge on any atom is -0.504 e. The molecule has 1 saturated heterocycles. The van der Waals surface area contributed by atoms with Crippen LogP contribution in [0.1, 0.15) is 12.5 Å². The fourth-order valence-electron chi connectivity index (χ4n) is 1.41. The summed E-state index contributed by atoms with van der Waals surface area (Å²) in [5, 5.41) is 20.4. The molecule has 1 amide bonds. The van der Waals surface area contributed by atoms with Crippen molar-refractivity contribution in [3.05, 3.63) is 23.8 Å². The van der Waals surface area contributed by atoms with Crippen molar-refractivity contribution in [2.75, 3.05) is 12.4 Å². The largest absolute Gasteiger partial charge is 0.504 e. The van der Waals surface area contributed by atoms with Crippen LogP contribution in [0.2, 0.25) is 0 Å². The molecule has 0 aliphatic carbocycles. The first kappa shape index (κ1) is 13.4. The summed E-state index contributed by atoms with van der Waals surface area (Å²) in [5.74, 6) is 0.802. The van der Waals surface area contributed by atoms with Gasteiger partial charge in [0.1, 0.15) is 0 Å². The Kier molecular flexibility index (Phi) is 4.40. The predicted molar refractivity (Wildman–Crippen MR) is 74.9 cm³/mol. The number of amides is 1. The van der Waals surface area contributed by atoms with E-state index in [0.717, 1.165) is 5.56 Å². The Morgan fingerprint density at radius 2 is 2.42 bits per heavy atom. The second-order valence-electron chi connectivity index (χ2n) is 3.65. The van der Waals surface area contributed by atoms with Crippen molar-refractivity contribution in [3.63, 3.8) is 0 Å². The standard InChI is InChI=1S/C12H13N3O3S/c1-2-18-10-5-8(3-4-9(10)16)6-13-15-12-14-11(17)7-19-12/h3-6,16H,2,7H2,1H3,(H,14,15,17). The zero-order valence-corrected chi connectivity index (χ0v) is 11.1. The van der Waals surface area contributed by atoms with Crippen LogP contribution in [-0.4, -0.2) is 34.8 Å². The molecule has 1 aromatic rings. The minimum atomic E-state index is -0.0674. The first-order chi connectivity index (χ1) is 9.19. The summed E-state index contributed by atoms with van der Waals surface area (Å²) in [7, 11) is 0. The second-order valence-corrected chi connectivity index (χ2v) is 4.61. The summed E-state index contributed by atoms with van der Waals surface area (Å²) in [6.07, 6.45) is 1.53. The van der Waals surface area contributed by atoms with Gasteiger partial charge < -0.3 is 15.2 Å². The van der Waals surface area contributed by atoms with Gasteiger partial charge in [0.05, 0.1) is 18.6 Å². The van der Waals surface area contributed by atoms with E-state index in [9.17, 15) is 9.90 Å². The molecule has 0 atom stereocenters. The Hall–Kier alpha value is -2.02. The zero-order chi connectivity index (χ0) is 13.7. The summed E-state index contributed by atoms with van der Waals surface area (Å²) >= 11 is 1.31. The number of ether oxygens (including phenoxy) is 1. The number of rotatable bonds is 4. The van der Waals surface area contributed by atoms with E-state index in [-0.39, 0.29) is 11.7 Å². The number of phenols is 1. The highest BCUT2D eigenvalue weighted by molar-refractivity contribution is 8.15. The number of nitrogens with zero attached hydrogens (tertiary/aromatic N) is 2. The maximum absolute atomic E-state index is 10.9. The van der Waals surface area contributed by atoms with Crippen molar-refractivity contribution in [2.45, 2.75) is 6.92 Å². The monoisotopic (exact) mass is 279 g/mol. The molecule has 2 N–H and O–H groups in total. The van der Waals surface area contributed by atoms with E-state index in [2.05, 4.69) is 15.5 Å². The van der Waals surface area contributed by atoms with Crippen molar-refractivity contribution in [1.82, 2.24) is 5.32 Å². The van der Waals surface area contributed by atoms with Crippen LogP contribution in [0.3, 0.4) is 0 Å². The summed E-state index contributed by atoms with van der Waals surface area (Å²) in [6.45, 7) is 2.31. The van der Waals surface area contributed by atoms with E-state index < -0.39 is 0 Å². The van der Waals surface area contributed by atoms with Crippen molar-refractivity contribution in [3.8, 4) is 11.5 Å². The number of hydrogen-bond acceptors (Lipinski definition) is 6. The molecule has 100 valence electrons. The van der Waals surface area contributed by atoms with Crippen LogP contribution in [0.25, 0.3) is 0 Å². The van der Waals surface area contributed by atoms with Crippen LogP contribution >= 0.6 is 11.8 Å². The lowest BCUT2D eigenvalue weighted by Crippen LogP contribution is -2.19. The number of carbonyl (C=O) groups excluding carboxylic acids is 1. The molecule has 0 bridgehead atoms. The van der Waals surface area contributed by atoms with Gasteiger partial charge in [-0.2, -0.15) is 5.10 Å². The highest BCUT2D eigenvalue weighted by atomic mass is 32.2. The van der Waals surface area contributed by atoms with E-state index in [0.29, 0.717) is 23.3 Å². The van der Waals surface area contributed by atoms with E-state index in [4.69, 9.17) is 4.74 Å². The first-order valence-corrected chi connectivity index (χ1v) is 6.67. The van der Waals surface area contributed by atoms with Gasteiger partial charge in [-0.3, -0.25) is 4.79 Å². The number of thioether (sulfide) groups is 1. The van der Waals surface area contributed by atoms with Crippen LogP contribution in [0.4, 0.5) is 0 Å². The third kappa shape index (κ3) is 3.72. The fraction of sp³-hybridized carbons (Fsp3) is 0.250. The number of carbonyl (C=O) groups is 1. The molecule has 1 aliphatic heterocycles. The summed E-state index contributed by atoms with van der Waals surface area (Å²) < 4.78 is 5.26. The first-order valence-electron chi connectivity index (χ1n) is 5.68. The number of benzene rings is 1. The number of aromatic hydroxyl groups is 1. The molecule has 1 heterocycles. The molecule has 0 saturated carbocycles. The van der Waals surface area contributed by atoms with Gasteiger partial charge >= 0.3 is 0 Å². The molecule has 1 aromatic carbocycles. The Labute approximate surface area is 114 Å². The summed E-state index contributed by atoms with van der Waals surface area (Å²) in [4.78, 5) is 10.9. The van der Waals surface area contributed by atoms with Crippen LogP contribution in [-0.2, 0) is 4.79 Å². The second kappa shape index (κ2) is 6.24. The molecule has 6 nitrogen and oxygen atoms in total. The Balaban J connectivity index is 2.06. The smallest absolute Gasteiger partial charge is 0.236 e. The zero-order valence-electron chi connectivity index (χ0n) is 10.3. The highest BCUT2D eigenvalue weighted by Crippen LogP contribution is 2.26. The molecular weight excluding hydrogens is 266 g/mol. The molecule has 2 rings (SSSR count). The van der Waals surface area contributed by atoms with Gasteiger partial charge in [-0.05, 0) is 30.7 Å². The topological polar surface area (TPSA) is 83.3 Å². The molecule has 0 spiro atoms. The van der Waals surface area contributed by atoms with Gasteiger partial charge in [0.25, 0.3) is 0 Å². The van der Waals surface area contributed by atoms with E-state index in [1.165, 1.54) is 24.0 Å². The lowest BCUT2D eigenvalue weighted by molar-refractivity contribution is -0.116. The SMILES string of the molecule is CCOc1cc(C=N/N=C2\NC(=O)CS2)ccc1O. The van der Waals surface area contributed by atoms with E-state index in [1.807, 2.05) is 6.92 Å². The lowest BCUT2D eigenvalue weighted by Gasteiger charge is -2.05. The van der Waals surface area contributed by atoms with Gasteiger partial charge in [-0.25, -0.2) is 0 Å². The summed E-state index contributed by atoms with van der Waals surface area (Å²) in [6, 6.07) is 4.90. The predicted octanol–water partition coefficient (Wildman–Crippen LogP) is 1.34.